The lowest BCUT2D eigenvalue weighted by Gasteiger charge is -2.04. The summed E-state index contributed by atoms with van der Waals surface area (Å²) in [5, 5.41) is 3.30. The van der Waals surface area contributed by atoms with E-state index >= 15 is 0 Å². The molecule has 0 unspecified atom stereocenters. The highest BCUT2D eigenvalue weighted by atomic mass is 32.2. The Morgan fingerprint density at radius 1 is 1.12 bits per heavy atom. The van der Waals surface area contributed by atoms with E-state index < -0.39 is 9.84 Å². The number of fused-ring (bicyclic) bond motifs is 1. The maximum absolute atomic E-state index is 12.4. The molecule has 3 aromatic rings. The highest BCUT2D eigenvalue weighted by Crippen LogP contribution is 2.28. The third-order valence-electron chi connectivity index (χ3n) is 4.08. The normalized spacial score (nSPS) is 11.6. The Morgan fingerprint density at radius 2 is 1.76 bits per heavy atom. The van der Waals surface area contributed by atoms with Crippen molar-refractivity contribution in [2.75, 3.05) is 11.1 Å². The maximum atomic E-state index is 12.4. The van der Waals surface area contributed by atoms with Crippen molar-refractivity contribution >= 4 is 42.4 Å². The van der Waals surface area contributed by atoms with Crippen LogP contribution in [0, 0.1) is 13.8 Å². The molecule has 5 nitrogen and oxygen atoms in total. The van der Waals surface area contributed by atoms with Crippen LogP contribution in [0.25, 0.3) is 10.2 Å². The fourth-order valence-electron chi connectivity index (χ4n) is 2.38. The van der Waals surface area contributed by atoms with Crippen LogP contribution in [0.2, 0.25) is 0 Å². The maximum Gasteiger partial charge on any atom is 0.257 e. The Labute approximate surface area is 150 Å². The predicted molar refractivity (Wildman–Crippen MR) is 101 cm³/mol. The van der Waals surface area contributed by atoms with E-state index in [4.69, 9.17) is 0 Å². The number of rotatable bonds is 4. The van der Waals surface area contributed by atoms with E-state index in [2.05, 4.69) is 16.4 Å². The number of carbonyl (C=O) groups is 1. The summed E-state index contributed by atoms with van der Waals surface area (Å²) in [6, 6.07) is 10.0. The fourth-order valence-corrected chi connectivity index (χ4v) is 4.21. The zero-order valence-electron chi connectivity index (χ0n) is 14.2. The van der Waals surface area contributed by atoms with Crippen molar-refractivity contribution in [3.63, 3.8) is 0 Å². The summed E-state index contributed by atoms with van der Waals surface area (Å²) in [7, 11) is -3.27. The molecule has 7 heteroatoms. The molecule has 0 bridgehead atoms. The minimum absolute atomic E-state index is 0.0308. The van der Waals surface area contributed by atoms with Crippen LogP contribution in [-0.2, 0) is 9.84 Å². The third kappa shape index (κ3) is 3.57. The van der Waals surface area contributed by atoms with E-state index in [1.54, 1.807) is 6.92 Å². The molecule has 1 amide bonds. The monoisotopic (exact) mass is 374 g/mol. The molecule has 0 saturated carbocycles. The Kier molecular flexibility index (Phi) is 4.62. The fraction of sp³-hybridized carbons (Fsp3) is 0.222. The second kappa shape index (κ2) is 6.57. The van der Waals surface area contributed by atoms with Gasteiger partial charge in [-0.2, -0.15) is 0 Å². The highest BCUT2D eigenvalue weighted by Gasteiger charge is 2.14. The summed E-state index contributed by atoms with van der Waals surface area (Å²) in [4.78, 5) is 17.0. The molecule has 0 spiro atoms. The zero-order chi connectivity index (χ0) is 18.2. The van der Waals surface area contributed by atoms with Gasteiger partial charge in [0.2, 0.25) is 0 Å². The summed E-state index contributed by atoms with van der Waals surface area (Å²) in [5.41, 5.74) is 3.58. The largest absolute Gasteiger partial charge is 0.298 e. The lowest BCUT2D eigenvalue weighted by molar-refractivity contribution is 0.102. The van der Waals surface area contributed by atoms with Gasteiger partial charge in [0.05, 0.1) is 20.9 Å². The van der Waals surface area contributed by atoms with Crippen molar-refractivity contribution in [1.82, 2.24) is 4.98 Å². The van der Waals surface area contributed by atoms with Crippen LogP contribution in [0.5, 0.6) is 0 Å². The summed E-state index contributed by atoms with van der Waals surface area (Å²) in [6.07, 6.45) is 0. The second-order valence-electron chi connectivity index (χ2n) is 5.81. The summed E-state index contributed by atoms with van der Waals surface area (Å²) in [6.45, 7) is 5.66. The van der Waals surface area contributed by atoms with Gasteiger partial charge in [-0.05, 0) is 61.4 Å². The van der Waals surface area contributed by atoms with Gasteiger partial charge < -0.3 is 0 Å². The van der Waals surface area contributed by atoms with Gasteiger partial charge in [-0.1, -0.05) is 18.3 Å². The number of carbonyl (C=O) groups excluding carboxylic acids is 1. The lowest BCUT2D eigenvalue weighted by atomic mass is 10.1. The molecule has 0 aliphatic rings. The molecule has 0 saturated heterocycles. The Balaban J connectivity index is 1.82. The minimum Gasteiger partial charge on any atom is -0.298 e. The highest BCUT2D eigenvalue weighted by molar-refractivity contribution is 7.91. The van der Waals surface area contributed by atoms with E-state index in [0.717, 1.165) is 15.8 Å². The number of aryl methyl sites for hydroxylation is 2. The van der Waals surface area contributed by atoms with Gasteiger partial charge >= 0.3 is 0 Å². The smallest absolute Gasteiger partial charge is 0.257 e. The van der Waals surface area contributed by atoms with Crippen LogP contribution in [-0.4, -0.2) is 25.1 Å². The number of sulfone groups is 1. The van der Waals surface area contributed by atoms with Gasteiger partial charge in [-0.25, -0.2) is 13.4 Å². The number of hydrogen-bond acceptors (Lipinski definition) is 5. The standard InChI is InChI=1S/C18H18N2O3S2/c1-4-25(22,23)14-7-5-13(6-8-14)17(21)20-18-19-15-9-11(2)12(3)10-16(15)24-18/h5-10H,4H2,1-3H3,(H,19,20,21). The van der Waals surface area contributed by atoms with E-state index in [1.807, 2.05) is 19.9 Å². The number of hydrogen-bond donors (Lipinski definition) is 1. The average molecular weight is 374 g/mol. The van der Waals surface area contributed by atoms with Crippen LogP contribution >= 0.6 is 11.3 Å². The Hall–Kier alpha value is -2.25. The summed E-state index contributed by atoms with van der Waals surface area (Å²) < 4.78 is 24.7. The summed E-state index contributed by atoms with van der Waals surface area (Å²) in [5.74, 6) is -0.281. The van der Waals surface area contributed by atoms with Crippen LogP contribution in [0.15, 0.2) is 41.3 Å². The van der Waals surface area contributed by atoms with Gasteiger partial charge in [0.1, 0.15) is 0 Å². The van der Waals surface area contributed by atoms with E-state index in [9.17, 15) is 13.2 Å². The summed E-state index contributed by atoms with van der Waals surface area (Å²) >= 11 is 1.42. The molecule has 1 N–H and O–H groups in total. The van der Waals surface area contributed by atoms with Crippen molar-refractivity contribution in [2.45, 2.75) is 25.7 Å². The van der Waals surface area contributed by atoms with Crippen LogP contribution < -0.4 is 5.32 Å². The molecule has 1 heterocycles. The van der Waals surface area contributed by atoms with Crippen molar-refractivity contribution in [3.8, 4) is 0 Å². The third-order valence-corrected chi connectivity index (χ3v) is 6.76. The Morgan fingerprint density at radius 3 is 2.40 bits per heavy atom. The SMILES string of the molecule is CCS(=O)(=O)c1ccc(C(=O)Nc2nc3cc(C)c(C)cc3s2)cc1. The number of thiazole rings is 1. The van der Waals surface area contributed by atoms with Gasteiger partial charge in [0.25, 0.3) is 5.91 Å². The van der Waals surface area contributed by atoms with E-state index in [0.29, 0.717) is 10.7 Å². The molecular formula is C18H18N2O3S2. The lowest BCUT2D eigenvalue weighted by Crippen LogP contribution is -2.12. The van der Waals surface area contributed by atoms with Crippen molar-refractivity contribution < 1.29 is 13.2 Å². The molecule has 130 valence electrons. The minimum atomic E-state index is -3.27. The van der Waals surface area contributed by atoms with Crippen LogP contribution in [0.4, 0.5) is 5.13 Å². The molecule has 0 atom stereocenters. The van der Waals surface area contributed by atoms with Crippen molar-refractivity contribution in [2.24, 2.45) is 0 Å². The molecule has 2 aromatic carbocycles. The first-order chi connectivity index (χ1) is 11.8. The molecule has 0 aliphatic carbocycles. The first-order valence-corrected chi connectivity index (χ1v) is 10.3. The van der Waals surface area contributed by atoms with Gasteiger partial charge in [0.15, 0.2) is 15.0 Å². The predicted octanol–water partition coefficient (Wildman–Crippen LogP) is 3.96. The van der Waals surface area contributed by atoms with Gasteiger partial charge in [0, 0.05) is 5.56 Å². The number of anilines is 1. The molecule has 0 fully saturated rings. The number of aromatic nitrogens is 1. The van der Waals surface area contributed by atoms with Crippen LogP contribution in [0.1, 0.15) is 28.4 Å². The number of nitrogens with zero attached hydrogens (tertiary/aromatic N) is 1. The molecule has 0 aliphatic heterocycles. The quantitative estimate of drug-likeness (QED) is 0.750. The molecule has 0 radical (unpaired) electrons. The molecule has 25 heavy (non-hydrogen) atoms. The zero-order valence-corrected chi connectivity index (χ0v) is 15.8. The first-order valence-electron chi connectivity index (χ1n) is 7.82. The van der Waals surface area contributed by atoms with Gasteiger partial charge in [-0.15, -0.1) is 0 Å². The second-order valence-corrected chi connectivity index (χ2v) is 9.11. The first kappa shape index (κ1) is 17.6. The van der Waals surface area contributed by atoms with Crippen molar-refractivity contribution in [1.29, 1.82) is 0 Å². The topological polar surface area (TPSA) is 76.1 Å². The number of benzene rings is 2. The van der Waals surface area contributed by atoms with Crippen LogP contribution in [0.3, 0.4) is 0 Å². The van der Waals surface area contributed by atoms with Crippen molar-refractivity contribution in [3.05, 3.63) is 53.1 Å². The van der Waals surface area contributed by atoms with Gasteiger partial charge in [-0.3, -0.25) is 10.1 Å². The number of nitrogens with one attached hydrogen (secondary N) is 1. The molecular weight excluding hydrogens is 356 g/mol. The average Bonchev–Trinajstić information content (AvgIpc) is 2.96. The molecule has 1 aromatic heterocycles. The van der Waals surface area contributed by atoms with E-state index in [1.165, 1.54) is 41.2 Å². The van der Waals surface area contributed by atoms with E-state index in [-0.39, 0.29) is 16.6 Å². The Bertz CT molecular complexity index is 1010. The number of amides is 1. The molecule has 3 rings (SSSR count).